The number of hydrogen-bond acceptors (Lipinski definition) is 4. The van der Waals surface area contributed by atoms with E-state index in [1.165, 1.54) is 22.5 Å². The van der Waals surface area contributed by atoms with Gasteiger partial charge in [0.05, 0.1) is 0 Å². The summed E-state index contributed by atoms with van der Waals surface area (Å²) in [6.07, 6.45) is 2.04. The highest BCUT2D eigenvalue weighted by atomic mass is 35.5. The van der Waals surface area contributed by atoms with E-state index < -0.39 is 0 Å². The van der Waals surface area contributed by atoms with Crippen molar-refractivity contribution in [2.75, 3.05) is 5.32 Å². The third-order valence-electron chi connectivity index (χ3n) is 2.79. The van der Waals surface area contributed by atoms with Gasteiger partial charge in [0.1, 0.15) is 5.51 Å². The first-order valence-electron chi connectivity index (χ1n) is 5.11. The molecule has 1 aliphatic rings. The monoisotopic (exact) mass is 251 g/mol. The van der Waals surface area contributed by atoms with Crippen LogP contribution in [0.1, 0.15) is 11.1 Å². The molecule has 16 heavy (non-hydrogen) atoms. The van der Waals surface area contributed by atoms with Crippen LogP contribution in [0.5, 0.6) is 0 Å². The molecule has 0 radical (unpaired) electrons. The summed E-state index contributed by atoms with van der Waals surface area (Å²) in [7, 11) is 0. The Labute approximate surface area is 102 Å². The molecule has 0 amide bonds. The summed E-state index contributed by atoms with van der Waals surface area (Å²) in [5, 5.41) is 12.9. The van der Waals surface area contributed by atoms with Crippen LogP contribution in [0.25, 0.3) is 0 Å². The van der Waals surface area contributed by atoms with Crippen LogP contribution in [-0.2, 0) is 12.8 Å². The Balaban J connectivity index is 1.75. The van der Waals surface area contributed by atoms with Gasteiger partial charge < -0.3 is 5.32 Å². The molecule has 3 nitrogen and oxygen atoms in total. The van der Waals surface area contributed by atoms with E-state index in [0.717, 1.165) is 23.0 Å². The maximum Gasteiger partial charge on any atom is 0.205 e. The zero-order valence-electron chi connectivity index (χ0n) is 8.48. The van der Waals surface area contributed by atoms with E-state index >= 15 is 0 Å². The number of fused-ring (bicyclic) bond motifs is 1. The first-order chi connectivity index (χ1) is 7.81. The maximum atomic E-state index is 5.97. The van der Waals surface area contributed by atoms with Crippen molar-refractivity contribution in [2.24, 2.45) is 0 Å². The predicted octanol–water partition coefficient (Wildman–Crippen LogP) is 2.77. The first kappa shape index (κ1) is 10.1. The predicted molar refractivity (Wildman–Crippen MR) is 66.2 cm³/mol. The summed E-state index contributed by atoms with van der Waals surface area (Å²) in [6.45, 7) is 0. The van der Waals surface area contributed by atoms with Crippen LogP contribution < -0.4 is 5.32 Å². The molecular weight excluding hydrogens is 242 g/mol. The van der Waals surface area contributed by atoms with Crippen molar-refractivity contribution in [3.8, 4) is 0 Å². The molecule has 1 aromatic heterocycles. The molecule has 1 atom stereocenters. The van der Waals surface area contributed by atoms with Gasteiger partial charge in [-0.3, -0.25) is 0 Å². The van der Waals surface area contributed by atoms with Crippen LogP contribution in [0.2, 0.25) is 5.02 Å². The SMILES string of the molecule is Clc1ccc2c(c1)CC(Nc1nncs1)C2. The lowest BCUT2D eigenvalue weighted by molar-refractivity contribution is 0.770. The number of halogens is 1. The molecule has 0 saturated heterocycles. The highest BCUT2D eigenvalue weighted by Gasteiger charge is 2.21. The summed E-state index contributed by atoms with van der Waals surface area (Å²) in [4.78, 5) is 0. The van der Waals surface area contributed by atoms with Crippen molar-refractivity contribution in [3.05, 3.63) is 39.9 Å². The second kappa shape index (κ2) is 4.03. The summed E-state index contributed by atoms with van der Waals surface area (Å²) < 4.78 is 0. The maximum absolute atomic E-state index is 5.97. The third kappa shape index (κ3) is 1.90. The van der Waals surface area contributed by atoms with Gasteiger partial charge in [-0.1, -0.05) is 29.0 Å². The third-order valence-corrected chi connectivity index (χ3v) is 3.65. The van der Waals surface area contributed by atoms with Crippen LogP contribution in [-0.4, -0.2) is 16.2 Å². The Hall–Kier alpha value is -1.13. The number of aromatic nitrogens is 2. The molecule has 1 unspecified atom stereocenters. The molecule has 1 N–H and O–H groups in total. The van der Waals surface area contributed by atoms with Gasteiger partial charge in [-0.2, -0.15) is 0 Å². The Bertz CT molecular complexity index is 498. The van der Waals surface area contributed by atoms with E-state index in [0.29, 0.717) is 6.04 Å². The van der Waals surface area contributed by atoms with Gasteiger partial charge in [0.15, 0.2) is 0 Å². The Morgan fingerprint density at radius 1 is 1.31 bits per heavy atom. The van der Waals surface area contributed by atoms with Crippen molar-refractivity contribution in [2.45, 2.75) is 18.9 Å². The largest absolute Gasteiger partial charge is 0.357 e. The lowest BCUT2D eigenvalue weighted by Gasteiger charge is -2.08. The van der Waals surface area contributed by atoms with Crippen LogP contribution in [0.4, 0.5) is 5.13 Å². The molecule has 0 saturated carbocycles. The molecule has 0 bridgehead atoms. The van der Waals surface area contributed by atoms with Gasteiger partial charge in [-0.05, 0) is 36.1 Å². The first-order valence-corrected chi connectivity index (χ1v) is 6.37. The Morgan fingerprint density at radius 2 is 2.19 bits per heavy atom. The summed E-state index contributed by atoms with van der Waals surface area (Å²) in [5.74, 6) is 0. The average molecular weight is 252 g/mol. The minimum Gasteiger partial charge on any atom is -0.357 e. The van der Waals surface area contributed by atoms with Crippen LogP contribution in [0.15, 0.2) is 23.7 Å². The smallest absolute Gasteiger partial charge is 0.205 e. The molecule has 1 aliphatic carbocycles. The second-order valence-electron chi connectivity index (χ2n) is 3.91. The summed E-state index contributed by atoms with van der Waals surface area (Å²) in [6, 6.07) is 6.53. The number of benzene rings is 1. The minimum atomic E-state index is 0.418. The van der Waals surface area contributed by atoms with Crippen molar-refractivity contribution in [1.29, 1.82) is 0 Å². The molecule has 5 heteroatoms. The van der Waals surface area contributed by atoms with Crippen LogP contribution in [0, 0.1) is 0 Å². The molecule has 0 spiro atoms. The standard InChI is InChI=1S/C11H10ClN3S/c12-9-2-1-7-4-10(5-8(7)3-9)14-11-15-13-6-16-11/h1-3,6,10H,4-5H2,(H,14,15). The van der Waals surface area contributed by atoms with Crippen molar-refractivity contribution in [1.82, 2.24) is 10.2 Å². The number of nitrogens with zero attached hydrogens (tertiary/aromatic N) is 2. The molecule has 1 aromatic carbocycles. The fourth-order valence-electron chi connectivity index (χ4n) is 2.10. The van der Waals surface area contributed by atoms with Gasteiger partial charge in [-0.15, -0.1) is 10.2 Å². The Morgan fingerprint density at radius 3 is 3.00 bits per heavy atom. The molecule has 1 heterocycles. The number of hydrogen-bond donors (Lipinski definition) is 1. The molecular formula is C11H10ClN3S. The van der Waals surface area contributed by atoms with Gasteiger partial charge >= 0.3 is 0 Å². The highest BCUT2D eigenvalue weighted by Crippen LogP contribution is 2.27. The zero-order chi connectivity index (χ0) is 11.0. The van der Waals surface area contributed by atoms with E-state index in [-0.39, 0.29) is 0 Å². The summed E-state index contributed by atoms with van der Waals surface area (Å²) >= 11 is 7.51. The normalized spacial score (nSPS) is 18.4. The van der Waals surface area contributed by atoms with Gasteiger partial charge in [0.2, 0.25) is 5.13 Å². The van der Waals surface area contributed by atoms with Crippen LogP contribution in [0.3, 0.4) is 0 Å². The van der Waals surface area contributed by atoms with Gasteiger partial charge in [0.25, 0.3) is 0 Å². The molecule has 82 valence electrons. The molecule has 2 aromatic rings. The molecule has 0 fully saturated rings. The number of anilines is 1. The van der Waals surface area contributed by atoms with Gasteiger partial charge in [0, 0.05) is 11.1 Å². The Kier molecular flexibility index (Phi) is 2.53. The van der Waals surface area contributed by atoms with E-state index in [1.807, 2.05) is 6.07 Å². The fraction of sp³-hybridized carbons (Fsp3) is 0.273. The quantitative estimate of drug-likeness (QED) is 0.892. The van der Waals surface area contributed by atoms with Gasteiger partial charge in [-0.25, -0.2) is 0 Å². The molecule has 0 aliphatic heterocycles. The van der Waals surface area contributed by atoms with Crippen LogP contribution >= 0.6 is 22.9 Å². The topological polar surface area (TPSA) is 37.8 Å². The summed E-state index contributed by atoms with van der Waals surface area (Å²) in [5.41, 5.74) is 4.46. The van der Waals surface area contributed by atoms with E-state index in [2.05, 4.69) is 27.6 Å². The van der Waals surface area contributed by atoms with E-state index in [1.54, 1.807) is 5.51 Å². The highest BCUT2D eigenvalue weighted by molar-refractivity contribution is 7.13. The second-order valence-corrected chi connectivity index (χ2v) is 5.18. The van der Waals surface area contributed by atoms with E-state index in [9.17, 15) is 0 Å². The van der Waals surface area contributed by atoms with E-state index in [4.69, 9.17) is 11.6 Å². The minimum absolute atomic E-state index is 0.418. The lowest BCUT2D eigenvalue weighted by Crippen LogP contribution is -2.19. The molecule has 3 rings (SSSR count). The number of nitrogens with one attached hydrogen (secondary N) is 1. The van der Waals surface area contributed by atoms with Crippen molar-refractivity contribution < 1.29 is 0 Å². The number of rotatable bonds is 2. The fourth-order valence-corrected chi connectivity index (χ4v) is 2.82. The zero-order valence-corrected chi connectivity index (χ0v) is 10.1. The average Bonchev–Trinajstić information content (AvgIpc) is 2.86. The van der Waals surface area contributed by atoms with Crippen molar-refractivity contribution in [3.63, 3.8) is 0 Å². The van der Waals surface area contributed by atoms with Crippen molar-refractivity contribution >= 4 is 28.1 Å². The lowest BCUT2D eigenvalue weighted by atomic mass is 10.1.